The number of nitrogens with one attached hydrogen (secondary N) is 2. The lowest BCUT2D eigenvalue weighted by Crippen LogP contribution is -2.24. The van der Waals surface area contributed by atoms with Gasteiger partial charge in [-0.15, -0.1) is 0 Å². The summed E-state index contributed by atoms with van der Waals surface area (Å²) in [5.41, 5.74) is 0.511. The Kier molecular flexibility index (Phi) is 4.53. The molecular weight excluding hydrogens is 281 g/mol. The molecule has 1 heterocycles. The SMILES string of the molecule is CNc1ccc(Cl)c(C(=O)NCc2ccccc2F)n1. The molecule has 2 rings (SSSR count). The molecule has 0 spiro atoms. The average molecular weight is 294 g/mol. The zero-order chi connectivity index (χ0) is 14.5. The highest BCUT2D eigenvalue weighted by atomic mass is 35.5. The molecule has 1 amide bonds. The summed E-state index contributed by atoms with van der Waals surface area (Å²) in [5.74, 6) is -0.281. The molecule has 2 N–H and O–H groups in total. The van der Waals surface area contributed by atoms with Crippen LogP contribution in [0.25, 0.3) is 0 Å². The van der Waals surface area contributed by atoms with Crippen molar-refractivity contribution in [1.29, 1.82) is 0 Å². The van der Waals surface area contributed by atoms with E-state index in [0.717, 1.165) is 0 Å². The summed E-state index contributed by atoms with van der Waals surface area (Å²) in [6.07, 6.45) is 0. The Morgan fingerprint density at radius 3 is 2.75 bits per heavy atom. The monoisotopic (exact) mass is 293 g/mol. The number of halogens is 2. The maximum atomic E-state index is 13.4. The van der Waals surface area contributed by atoms with Crippen LogP contribution in [0.15, 0.2) is 36.4 Å². The van der Waals surface area contributed by atoms with E-state index in [0.29, 0.717) is 11.4 Å². The highest BCUT2D eigenvalue weighted by Gasteiger charge is 2.13. The van der Waals surface area contributed by atoms with Gasteiger partial charge in [0.05, 0.1) is 5.02 Å². The molecule has 0 saturated heterocycles. The third-order valence-electron chi connectivity index (χ3n) is 2.71. The number of hydrogen-bond acceptors (Lipinski definition) is 3. The molecule has 0 unspecified atom stereocenters. The van der Waals surface area contributed by atoms with Gasteiger partial charge < -0.3 is 10.6 Å². The van der Waals surface area contributed by atoms with Crippen molar-refractivity contribution in [2.24, 2.45) is 0 Å². The van der Waals surface area contributed by atoms with Gasteiger partial charge in [-0.25, -0.2) is 9.37 Å². The van der Waals surface area contributed by atoms with Crippen LogP contribution in [-0.2, 0) is 6.54 Å². The van der Waals surface area contributed by atoms with Crippen molar-refractivity contribution >= 4 is 23.3 Å². The molecule has 0 saturated carbocycles. The van der Waals surface area contributed by atoms with Crippen molar-refractivity contribution < 1.29 is 9.18 Å². The molecule has 6 heteroatoms. The van der Waals surface area contributed by atoms with E-state index in [1.165, 1.54) is 6.07 Å². The fourth-order valence-electron chi connectivity index (χ4n) is 1.64. The van der Waals surface area contributed by atoms with Crippen LogP contribution in [-0.4, -0.2) is 17.9 Å². The maximum Gasteiger partial charge on any atom is 0.271 e. The Morgan fingerprint density at radius 2 is 2.05 bits per heavy atom. The van der Waals surface area contributed by atoms with Crippen LogP contribution in [0.3, 0.4) is 0 Å². The molecule has 0 bridgehead atoms. The average Bonchev–Trinajstić information content (AvgIpc) is 2.46. The first-order valence-electron chi connectivity index (χ1n) is 5.97. The molecule has 0 aliphatic heterocycles. The Labute approximate surface area is 121 Å². The van der Waals surface area contributed by atoms with E-state index in [1.807, 2.05) is 0 Å². The van der Waals surface area contributed by atoms with Crippen LogP contribution in [0, 0.1) is 5.82 Å². The van der Waals surface area contributed by atoms with Crippen LogP contribution >= 0.6 is 11.6 Å². The van der Waals surface area contributed by atoms with Gasteiger partial charge in [0.1, 0.15) is 17.3 Å². The van der Waals surface area contributed by atoms with Crippen molar-refractivity contribution in [3.63, 3.8) is 0 Å². The normalized spacial score (nSPS) is 10.2. The summed E-state index contributed by atoms with van der Waals surface area (Å²) in [6, 6.07) is 9.49. The smallest absolute Gasteiger partial charge is 0.271 e. The summed E-state index contributed by atoms with van der Waals surface area (Å²) in [7, 11) is 1.69. The first kappa shape index (κ1) is 14.3. The zero-order valence-electron chi connectivity index (χ0n) is 10.8. The van der Waals surface area contributed by atoms with Gasteiger partial charge in [0.15, 0.2) is 0 Å². The largest absolute Gasteiger partial charge is 0.373 e. The molecule has 4 nitrogen and oxygen atoms in total. The molecule has 20 heavy (non-hydrogen) atoms. The van der Waals surface area contributed by atoms with E-state index in [4.69, 9.17) is 11.6 Å². The molecular formula is C14H13ClFN3O. The number of nitrogens with zero attached hydrogens (tertiary/aromatic N) is 1. The Balaban J connectivity index is 2.11. The molecule has 104 valence electrons. The van der Waals surface area contributed by atoms with Gasteiger partial charge >= 0.3 is 0 Å². The van der Waals surface area contributed by atoms with Crippen molar-refractivity contribution in [1.82, 2.24) is 10.3 Å². The van der Waals surface area contributed by atoms with Crippen molar-refractivity contribution in [2.45, 2.75) is 6.54 Å². The fraction of sp³-hybridized carbons (Fsp3) is 0.143. The molecule has 1 aromatic heterocycles. The van der Waals surface area contributed by atoms with Crippen molar-refractivity contribution in [3.05, 3.63) is 58.5 Å². The lowest BCUT2D eigenvalue weighted by molar-refractivity contribution is 0.0946. The highest BCUT2D eigenvalue weighted by Crippen LogP contribution is 2.16. The van der Waals surface area contributed by atoms with E-state index >= 15 is 0 Å². The summed E-state index contributed by atoms with van der Waals surface area (Å²) in [4.78, 5) is 16.1. The molecule has 0 aliphatic carbocycles. The number of aromatic nitrogens is 1. The van der Waals surface area contributed by atoms with Crippen molar-refractivity contribution in [3.8, 4) is 0 Å². The van der Waals surface area contributed by atoms with Crippen LogP contribution in [0.1, 0.15) is 16.1 Å². The molecule has 1 aromatic carbocycles. The predicted molar refractivity (Wildman–Crippen MR) is 76.4 cm³/mol. The number of hydrogen-bond donors (Lipinski definition) is 2. The summed E-state index contributed by atoms with van der Waals surface area (Å²) in [6.45, 7) is 0.0767. The van der Waals surface area contributed by atoms with Crippen LogP contribution in [0.5, 0.6) is 0 Å². The molecule has 0 atom stereocenters. The zero-order valence-corrected chi connectivity index (χ0v) is 11.5. The Bertz CT molecular complexity index is 634. The molecule has 0 aliphatic rings. The number of pyridine rings is 1. The Hall–Kier alpha value is -2.14. The second-order valence-corrected chi connectivity index (χ2v) is 4.46. The number of amides is 1. The lowest BCUT2D eigenvalue weighted by atomic mass is 10.2. The van der Waals surface area contributed by atoms with Crippen LogP contribution in [0.2, 0.25) is 5.02 Å². The van der Waals surface area contributed by atoms with Crippen molar-refractivity contribution in [2.75, 3.05) is 12.4 Å². The number of benzene rings is 1. The second-order valence-electron chi connectivity index (χ2n) is 4.05. The highest BCUT2D eigenvalue weighted by molar-refractivity contribution is 6.33. The van der Waals surface area contributed by atoms with Gasteiger partial charge in [0.25, 0.3) is 5.91 Å². The second kappa shape index (κ2) is 6.34. The summed E-state index contributed by atoms with van der Waals surface area (Å²) in [5, 5.41) is 5.66. The Morgan fingerprint density at radius 1 is 1.30 bits per heavy atom. The number of rotatable bonds is 4. The first-order chi connectivity index (χ1) is 9.61. The van der Waals surface area contributed by atoms with Crippen LogP contribution < -0.4 is 10.6 Å². The third kappa shape index (κ3) is 3.24. The summed E-state index contributed by atoms with van der Waals surface area (Å²) < 4.78 is 13.4. The predicted octanol–water partition coefficient (Wildman–Crippen LogP) is 2.85. The topological polar surface area (TPSA) is 54.0 Å². The van der Waals surface area contributed by atoms with Gasteiger partial charge in [-0.2, -0.15) is 0 Å². The summed E-state index contributed by atoms with van der Waals surface area (Å²) >= 11 is 5.94. The number of carbonyl (C=O) groups is 1. The third-order valence-corrected chi connectivity index (χ3v) is 3.02. The van der Waals surface area contributed by atoms with E-state index < -0.39 is 5.91 Å². The molecule has 0 radical (unpaired) electrons. The van der Waals surface area contributed by atoms with Crippen LogP contribution in [0.4, 0.5) is 10.2 Å². The minimum atomic E-state index is -0.449. The van der Waals surface area contributed by atoms with E-state index in [-0.39, 0.29) is 23.1 Å². The number of carbonyl (C=O) groups excluding carboxylic acids is 1. The van der Waals surface area contributed by atoms with E-state index in [2.05, 4.69) is 15.6 Å². The maximum absolute atomic E-state index is 13.4. The number of anilines is 1. The lowest BCUT2D eigenvalue weighted by Gasteiger charge is -2.08. The van der Waals surface area contributed by atoms with Gasteiger partial charge in [-0.1, -0.05) is 29.8 Å². The first-order valence-corrected chi connectivity index (χ1v) is 6.35. The standard InChI is InChI=1S/C14H13ClFN3O/c1-17-12-7-6-10(15)13(19-12)14(20)18-8-9-4-2-3-5-11(9)16/h2-7H,8H2,1H3,(H,17,19)(H,18,20). The van der Waals surface area contributed by atoms with Gasteiger partial charge in [0, 0.05) is 19.2 Å². The van der Waals surface area contributed by atoms with Gasteiger partial charge in [-0.3, -0.25) is 4.79 Å². The van der Waals surface area contributed by atoms with E-state index in [9.17, 15) is 9.18 Å². The van der Waals surface area contributed by atoms with Gasteiger partial charge in [0.2, 0.25) is 0 Å². The molecule has 0 fully saturated rings. The molecule has 2 aromatic rings. The fourth-order valence-corrected chi connectivity index (χ4v) is 1.83. The van der Waals surface area contributed by atoms with E-state index in [1.54, 1.807) is 37.4 Å². The minimum Gasteiger partial charge on any atom is -0.373 e. The minimum absolute atomic E-state index is 0.0767. The van der Waals surface area contributed by atoms with Gasteiger partial charge in [-0.05, 0) is 18.2 Å². The quantitative estimate of drug-likeness (QED) is 0.911.